The molecule has 0 saturated heterocycles. The van der Waals surface area contributed by atoms with Crippen molar-refractivity contribution < 1.29 is 9.90 Å². The highest BCUT2D eigenvalue weighted by atomic mass is 16.4. The second-order valence-corrected chi connectivity index (χ2v) is 8.06. The fourth-order valence-corrected chi connectivity index (χ4v) is 4.22. The number of benzene rings is 3. The van der Waals surface area contributed by atoms with Gasteiger partial charge in [-0.05, 0) is 22.8 Å². The average molecular weight is 450 g/mol. The third-order valence-electron chi connectivity index (χ3n) is 5.84. The van der Waals surface area contributed by atoms with Gasteiger partial charge >= 0.3 is 5.97 Å². The number of fused-ring (bicyclic) bond motifs is 1. The van der Waals surface area contributed by atoms with E-state index in [2.05, 4.69) is 32.0 Å². The normalized spacial score (nSPS) is 12.6. The van der Waals surface area contributed by atoms with Crippen molar-refractivity contribution in [2.24, 2.45) is 5.10 Å². The van der Waals surface area contributed by atoms with E-state index in [9.17, 15) is 9.90 Å². The summed E-state index contributed by atoms with van der Waals surface area (Å²) in [6, 6.07) is 27.7. The Kier molecular flexibility index (Phi) is 5.99. The standard InChI is InChI=1S/C27H23N5O2/c33-27(34)23(15-25(21-11-5-2-6-12-21)30-32-18-28-29-19-32)24-17-31(16-20-9-3-1-4-10-20)26-14-8-7-13-22(24)26/h1-14,17-19,23H,15-16H2,(H,33,34)/t23-/m1/s1. The van der Waals surface area contributed by atoms with Crippen molar-refractivity contribution in [2.75, 3.05) is 0 Å². The van der Waals surface area contributed by atoms with E-state index in [1.165, 1.54) is 17.3 Å². The largest absolute Gasteiger partial charge is 0.481 e. The van der Waals surface area contributed by atoms with Crippen LogP contribution in [0.15, 0.2) is 109 Å². The molecule has 3 aromatic carbocycles. The van der Waals surface area contributed by atoms with Crippen molar-refractivity contribution in [1.29, 1.82) is 0 Å². The van der Waals surface area contributed by atoms with Crippen LogP contribution in [0, 0.1) is 0 Å². The molecule has 7 heteroatoms. The average Bonchev–Trinajstić information content (AvgIpc) is 3.51. The lowest BCUT2D eigenvalue weighted by Gasteiger charge is -2.14. The second kappa shape index (κ2) is 9.54. The molecule has 2 aromatic heterocycles. The third-order valence-corrected chi connectivity index (χ3v) is 5.84. The highest BCUT2D eigenvalue weighted by Crippen LogP contribution is 2.32. The van der Waals surface area contributed by atoms with Gasteiger partial charge in [-0.2, -0.15) is 5.10 Å². The van der Waals surface area contributed by atoms with Crippen molar-refractivity contribution in [3.63, 3.8) is 0 Å². The summed E-state index contributed by atoms with van der Waals surface area (Å²) in [4.78, 5) is 12.6. The van der Waals surface area contributed by atoms with Crippen molar-refractivity contribution in [1.82, 2.24) is 19.4 Å². The van der Waals surface area contributed by atoms with Crippen LogP contribution in [0.4, 0.5) is 0 Å². The summed E-state index contributed by atoms with van der Waals surface area (Å²) in [6.45, 7) is 0.661. The van der Waals surface area contributed by atoms with Gasteiger partial charge in [-0.15, -0.1) is 10.2 Å². The van der Waals surface area contributed by atoms with Crippen LogP contribution in [-0.2, 0) is 11.3 Å². The fraction of sp³-hybridized carbons (Fsp3) is 0.111. The van der Waals surface area contributed by atoms with Crippen molar-refractivity contribution in [3.05, 3.63) is 120 Å². The fourth-order valence-electron chi connectivity index (χ4n) is 4.22. The molecule has 0 aliphatic carbocycles. The van der Waals surface area contributed by atoms with E-state index in [0.717, 1.165) is 27.6 Å². The van der Waals surface area contributed by atoms with Crippen molar-refractivity contribution >= 4 is 22.6 Å². The molecule has 0 saturated carbocycles. The van der Waals surface area contributed by atoms with Crippen LogP contribution in [0.5, 0.6) is 0 Å². The van der Waals surface area contributed by atoms with Gasteiger partial charge < -0.3 is 9.67 Å². The summed E-state index contributed by atoms with van der Waals surface area (Å²) in [6.07, 6.45) is 5.17. The van der Waals surface area contributed by atoms with Gasteiger partial charge in [0.1, 0.15) is 12.7 Å². The van der Waals surface area contributed by atoms with Gasteiger partial charge in [0.2, 0.25) is 0 Å². The van der Waals surface area contributed by atoms with Crippen LogP contribution in [0.25, 0.3) is 10.9 Å². The minimum atomic E-state index is -0.894. The van der Waals surface area contributed by atoms with E-state index >= 15 is 0 Å². The molecule has 5 rings (SSSR count). The molecule has 5 aromatic rings. The van der Waals surface area contributed by atoms with Gasteiger partial charge in [-0.1, -0.05) is 78.9 Å². The number of hydrogen-bond donors (Lipinski definition) is 1. The number of hydrogen-bond acceptors (Lipinski definition) is 4. The highest BCUT2D eigenvalue weighted by Gasteiger charge is 2.27. The Bertz CT molecular complexity index is 1420. The summed E-state index contributed by atoms with van der Waals surface area (Å²) in [7, 11) is 0. The molecule has 0 spiro atoms. The van der Waals surface area contributed by atoms with Crippen LogP contribution >= 0.6 is 0 Å². The maximum atomic E-state index is 12.6. The minimum Gasteiger partial charge on any atom is -0.481 e. The van der Waals surface area contributed by atoms with Gasteiger partial charge in [0.25, 0.3) is 0 Å². The maximum absolute atomic E-state index is 12.6. The molecule has 1 atom stereocenters. The second-order valence-electron chi connectivity index (χ2n) is 8.06. The molecule has 168 valence electrons. The molecule has 0 bridgehead atoms. The lowest BCUT2D eigenvalue weighted by molar-refractivity contribution is -0.138. The highest BCUT2D eigenvalue weighted by molar-refractivity contribution is 6.04. The smallest absolute Gasteiger partial charge is 0.311 e. The first-order valence-corrected chi connectivity index (χ1v) is 11.0. The summed E-state index contributed by atoms with van der Waals surface area (Å²) >= 11 is 0. The minimum absolute atomic E-state index is 0.219. The molecule has 0 unspecified atom stereocenters. The van der Waals surface area contributed by atoms with E-state index < -0.39 is 11.9 Å². The lowest BCUT2D eigenvalue weighted by atomic mass is 9.91. The van der Waals surface area contributed by atoms with E-state index in [1.54, 1.807) is 0 Å². The predicted octanol–water partition coefficient (Wildman–Crippen LogP) is 4.79. The Balaban J connectivity index is 1.57. The number of nitrogens with zero attached hydrogens (tertiary/aromatic N) is 5. The van der Waals surface area contributed by atoms with Gasteiger partial charge in [0, 0.05) is 30.1 Å². The Hall–Kier alpha value is -4.52. The number of carboxylic acids is 1. The SMILES string of the molecule is O=C(O)[C@H](CC(=Nn1cnnc1)c1ccccc1)c1cn(Cc2ccccc2)c2ccccc12. The van der Waals surface area contributed by atoms with Crippen LogP contribution in [0.2, 0.25) is 0 Å². The third kappa shape index (κ3) is 4.49. The number of carboxylic acid groups (broad SMARTS) is 1. The zero-order valence-corrected chi connectivity index (χ0v) is 18.4. The Morgan fingerprint density at radius 1 is 0.882 bits per heavy atom. The molecule has 0 amide bonds. The topological polar surface area (TPSA) is 85.3 Å². The van der Waals surface area contributed by atoms with Crippen LogP contribution < -0.4 is 0 Å². The predicted molar refractivity (Wildman–Crippen MR) is 131 cm³/mol. The first-order valence-electron chi connectivity index (χ1n) is 11.0. The monoisotopic (exact) mass is 449 g/mol. The number of rotatable bonds is 8. The quantitative estimate of drug-likeness (QED) is 0.345. The Morgan fingerprint density at radius 2 is 1.53 bits per heavy atom. The van der Waals surface area contributed by atoms with E-state index in [-0.39, 0.29) is 6.42 Å². The summed E-state index contributed by atoms with van der Waals surface area (Å²) in [5, 5.41) is 23.5. The Labute approximate surface area is 196 Å². The molecule has 0 aliphatic heterocycles. The van der Waals surface area contributed by atoms with Crippen molar-refractivity contribution in [2.45, 2.75) is 18.9 Å². The van der Waals surface area contributed by atoms with Gasteiger partial charge in [0.15, 0.2) is 0 Å². The number of aromatic nitrogens is 4. The van der Waals surface area contributed by atoms with Gasteiger partial charge in [-0.3, -0.25) is 4.79 Å². The molecule has 0 radical (unpaired) electrons. The maximum Gasteiger partial charge on any atom is 0.311 e. The zero-order valence-electron chi connectivity index (χ0n) is 18.4. The van der Waals surface area contributed by atoms with Crippen molar-refractivity contribution in [3.8, 4) is 0 Å². The Morgan fingerprint density at radius 3 is 2.24 bits per heavy atom. The van der Waals surface area contributed by atoms with E-state index in [4.69, 9.17) is 0 Å². The molecule has 0 fully saturated rings. The number of aliphatic carboxylic acids is 1. The number of carbonyl (C=O) groups is 1. The molecule has 34 heavy (non-hydrogen) atoms. The molecule has 0 aliphatic rings. The zero-order chi connectivity index (χ0) is 23.3. The first-order chi connectivity index (χ1) is 16.7. The van der Waals surface area contributed by atoms with E-state index in [0.29, 0.717) is 12.3 Å². The molecule has 1 N–H and O–H groups in total. The summed E-state index contributed by atoms with van der Waals surface area (Å²) < 4.78 is 3.62. The molecule has 2 heterocycles. The molecule has 7 nitrogen and oxygen atoms in total. The van der Waals surface area contributed by atoms with Gasteiger partial charge in [-0.25, -0.2) is 4.68 Å². The lowest BCUT2D eigenvalue weighted by Crippen LogP contribution is -2.17. The summed E-state index contributed by atoms with van der Waals surface area (Å²) in [5.74, 6) is -1.67. The first kappa shape index (κ1) is 21.3. The summed E-state index contributed by atoms with van der Waals surface area (Å²) in [5.41, 5.74) is 4.43. The molecular formula is C27H23N5O2. The molecular weight excluding hydrogens is 426 g/mol. The van der Waals surface area contributed by atoms with Crippen LogP contribution in [-0.4, -0.2) is 36.2 Å². The van der Waals surface area contributed by atoms with Crippen LogP contribution in [0.3, 0.4) is 0 Å². The number of para-hydroxylation sites is 1. The van der Waals surface area contributed by atoms with E-state index in [1.807, 2.05) is 79.0 Å². The van der Waals surface area contributed by atoms with Gasteiger partial charge in [0.05, 0.1) is 11.6 Å². The van der Waals surface area contributed by atoms with Crippen LogP contribution in [0.1, 0.15) is 29.0 Å².